The monoisotopic (exact) mass is 255 g/mol. The van der Waals surface area contributed by atoms with Crippen molar-refractivity contribution in [3.8, 4) is 0 Å². The molecule has 0 saturated heterocycles. The van der Waals surface area contributed by atoms with Crippen molar-refractivity contribution in [2.45, 2.75) is 39.4 Å². The number of rotatable bonds is 7. The van der Waals surface area contributed by atoms with E-state index in [0.717, 1.165) is 30.1 Å². The zero-order chi connectivity index (χ0) is 12.7. The minimum atomic E-state index is 0.0728. The summed E-state index contributed by atoms with van der Waals surface area (Å²) in [6.45, 7) is 8.09. The number of hydrogen-bond acceptors (Lipinski definition) is 2. The molecule has 3 heteroatoms. The molecule has 1 rings (SSSR count). The lowest BCUT2D eigenvalue weighted by atomic mass is 10.1. The summed E-state index contributed by atoms with van der Waals surface area (Å²) in [6, 6.07) is 7.90. The Morgan fingerprint density at radius 2 is 2.12 bits per heavy atom. The highest BCUT2D eigenvalue weighted by Crippen LogP contribution is 2.22. The van der Waals surface area contributed by atoms with Crippen LogP contribution in [0.15, 0.2) is 24.3 Å². The Hall–Kier alpha value is -0.570. The third kappa shape index (κ3) is 5.07. The first kappa shape index (κ1) is 14.5. The van der Waals surface area contributed by atoms with Gasteiger partial charge in [-0.05, 0) is 37.6 Å². The van der Waals surface area contributed by atoms with Gasteiger partial charge < -0.3 is 10.1 Å². The van der Waals surface area contributed by atoms with Crippen LogP contribution in [0, 0.1) is 0 Å². The summed E-state index contributed by atoms with van der Waals surface area (Å²) >= 11 is 6.02. The van der Waals surface area contributed by atoms with Gasteiger partial charge in [0.2, 0.25) is 0 Å². The molecule has 0 aliphatic rings. The molecular formula is C14H22ClNO. The summed E-state index contributed by atoms with van der Waals surface area (Å²) in [6.07, 6.45) is 1.35. The largest absolute Gasteiger partial charge is 0.369 e. The maximum atomic E-state index is 6.02. The molecule has 0 radical (unpaired) electrons. The fourth-order valence-corrected chi connectivity index (χ4v) is 1.80. The Morgan fingerprint density at radius 1 is 1.35 bits per heavy atom. The molecule has 0 bridgehead atoms. The van der Waals surface area contributed by atoms with Crippen molar-refractivity contribution < 1.29 is 4.74 Å². The van der Waals surface area contributed by atoms with Gasteiger partial charge in [0.05, 0.1) is 12.2 Å². The fourth-order valence-electron chi connectivity index (χ4n) is 1.60. The van der Waals surface area contributed by atoms with Crippen LogP contribution in [0.1, 0.15) is 38.9 Å². The number of halogens is 1. The van der Waals surface area contributed by atoms with E-state index in [9.17, 15) is 0 Å². The van der Waals surface area contributed by atoms with E-state index in [4.69, 9.17) is 16.3 Å². The first-order valence-electron chi connectivity index (χ1n) is 6.29. The van der Waals surface area contributed by atoms with E-state index in [2.05, 4.69) is 32.2 Å². The molecule has 0 aromatic heterocycles. The molecule has 17 heavy (non-hydrogen) atoms. The number of benzene rings is 1. The molecule has 2 unspecified atom stereocenters. The predicted octanol–water partition coefficient (Wildman–Crippen LogP) is 3.81. The topological polar surface area (TPSA) is 21.3 Å². The summed E-state index contributed by atoms with van der Waals surface area (Å²) in [4.78, 5) is 0. The third-order valence-corrected chi connectivity index (χ3v) is 3.01. The van der Waals surface area contributed by atoms with Crippen molar-refractivity contribution in [2.24, 2.45) is 0 Å². The van der Waals surface area contributed by atoms with Crippen molar-refractivity contribution in [3.63, 3.8) is 0 Å². The minimum absolute atomic E-state index is 0.0728. The van der Waals surface area contributed by atoms with E-state index in [-0.39, 0.29) is 12.2 Å². The number of likely N-dealkylation sites (N-methyl/N-ethyl adjacent to an activating group) is 1. The van der Waals surface area contributed by atoms with Gasteiger partial charge in [0.15, 0.2) is 0 Å². The summed E-state index contributed by atoms with van der Waals surface area (Å²) in [5.74, 6) is 0. The molecule has 0 fully saturated rings. The molecule has 96 valence electrons. The molecule has 1 N–H and O–H groups in total. The van der Waals surface area contributed by atoms with Gasteiger partial charge in [-0.1, -0.05) is 37.6 Å². The predicted molar refractivity (Wildman–Crippen MR) is 73.6 cm³/mol. The number of hydrogen-bond donors (Lipinski definition) is 1. The van der Waals surface area contributed by atoms with Crippen molar-refractivity contribution >= 4 is 11.6 Å². The zero-order valence-corrected chi connectivity index (χ0v) is 11.6. The molecular weight excluding hydrogens is 234 g/mol. The van der Waals surface area contributed by atoms with Crippen LogP contribution in [-0.4, -0.2) is 19.2 Å². The average molecular weight is 256 g/mol. The van der Waals surface area contributed by atoms with Gasteiger partial charge in [-0.15, -0.1) is 0 Å². The normalized spacial score (nSPS) is 14.6. The van der Waals surface area contributed by atoms with Crippen molar-refractivity contribution in [1.82, 2.24) is 5.32 Å². The van der Waals surface area contributed by atoms with Crippen molar-refractivity contribution in [3.05, 3.63) is 34.9 Å². The highest BCUT2D eigenvalue weighted by molar-refractivity contribution is 6.30. The Morgan fingerprint density at radius 3 is 2.71 bits per heavy atom. The SMILES string of the molecule is CCNCC(OC(C)CC)c1cccc(Cl)c1. The Labute approximate surface area is 109 Å². The lowest BCUT2D eigenvalue weighted by molar-refractivity contribution is -0.00425. The van der Waals surface area contributed by atoms with Gasteiger partial charge in [-0.3, -0.25) is 0 Å². The summed E-state index contributed by atoms with van der Waals surface area (Å²) < 4.78 is 6.02. The molecule has 0 aliphatic carbocycles. The molecule has 0 aliphatic heterocycles. The second-order valence-electron chi connectivity index (χ2n) is 4.21. The maximum absolute atomic E-state index is 6.02. The van der Waals surface area contributed by atoms with Gasteiger partial charge in [-0.2, -0.15) is 0 Å². The highest BCUT2D eigenvalue weighted by atomic mass is 35.5. The van der Waals surface area contributed by atoms with E-state index in [0.29, 0.717) is 0 Å². The maximum Gasteiger partial charge on any atom is 0.0953 e. The Balaban J connectivity index is 2.74. The first-order chi connectivity index (χ1) is 8.17. The van der Waals surface area contributed by atoms with Crippen LogP contribution < -0.4 is 5.32 Å². The zero-order valence-electron chi connectivity index (χ0n) is 10.9. The summed E-state index contributed by atoms with van der Waals surface area (Å²) in [5.41, 5.74) is 1.14. The second-order valence-corrected chi connectivity index (χ2v) is 4.64. The fraction of sp³-hybridized carbons (Fsp3) is 0.571. The van der Waals surface area contributed by atoms with Crippen LogP contribution in [0.4, 0.5) is 0 Å². The van der Waals surface area contributed by atoms with E-state index >= 15 is 0 Å². The lowest BCUT2D eigenvalue weighted by Crippen LogP contribution is -2.25. The van der Waals surface area contributed by atoms with Gasteiger partial charge in [-0.25, -0.2) is 0 Å². The molecule has 0 spiro atoms. The molecule has 0 saturated carbocycles. The van der Waals surface area contributed by atoms with Crippen molar-refractivity contribution in [1.29, 1.82) is 0 Å². The van der Waals surface area contributed by atoms with Gasteiger partial charge in [0.1, 0.15) is 0 Å². The van der Waals surface area contributed by atoms with Crippen LogP contribution in [-0.2, 0) is 4.74 Å². The van der Waals surface area contributed by atoms with Crippen LogP contribution in [0.3, 0.4) is 0 Å². The van der Waals surface area contributed by atoms with Crippen LogP contribution in [0.2, 0.25) is 5.02 Å². The number of nitrogens with one attached hydrogen (secondary N) is 1. The minimum Gasteiger partial charge on any atom is -0.369 e. The second kappa shape index (κ2) is 7.70. The van der Waals surface area contributed by atoms with Gasteiger partial charge >= 0.3 is 0 Å². The summed E-state index contributed by atoms with van der Waals surface area (Å²) in [7, 11) is 0. The molecule has 0 amide bonds. The summed E-state index contributed by atoms with van der Waals surface area (Å²) in [5, 5.41) is 4.09. The molecule has 1 aromatic rings. The Bertz CT molecular complexity index is 330. The molecule has 2 atom stereocenters. The lowest BCUT2D eigenvalue weighted by Gasteiger charge is -2.22. The van der Waals surface area contributed by atoms with E-state index in [1.54, 1.807) is 0 Å². The smallest absolute Gasteiger partial charge is 0.0953 e. The van der Waals surface area contributed by atoms with E-state index in [1.807, 2.05) is 18.2 Å². The van der Waals surface area contributed by atoms with E-state index < -0.39 is 0 Å². The van der Waals surface area contributed by atoms with Gasteiger partial charge in [0.25, 0.3) is 0 Å². The number of ether oxygens (including phenoxy) is 1. The first-order valence-corrected chi connectivity index (χ1v) is 6.66. The standard InChI is InChI=1S/C14H22ClNO/c1-4-11(3)17-14(10-16-5-2)12-7-6-8-13(15)9-12/h6-9,11,14,16H,4-5,10H2,1-3H3. The molecule has 2 nitrogen and oxygen atoms in total. The van der Waals surface area contributed by atoms with Crippen LogP contribution in [0.5, 0.6) is 0 Å². The molecule has 0 heterocycles. The molecule has 1 aromatic carbocycles. The third-order valence-electron chi connectivity index (χ3n) is 2.77. The van der Waals surface area contributed by atoms with Gasteiger partial charge in [0, 0.05) is 11.6 Å². The average Bonchev–Trinajstić information content (AvgIpc) is 2.34. The quantitative estimate of drug-likeness (QED) is 0.800. The van der Waals surface area contributed by atoms with Crippen LogP contribution in [0.25, 0.3) is 0 Å². The Kier molecular flexibility index (Phi) is 6.56. The highest BCUT2D eigenvalue weighted by Gasteiger charge is 2.14. The van der Waals surface area contributed by atoms with Crippen molar-refractivity contribution in [2.75, 3.05) is 13.1 Å². The van der Waals surface area contributed by atoms with Crippen LogP contribution >= 0.6 is 11.6 Å². The van der Waals surface area contributed by atoms with E-state index in [1.165, 1.54) is 0 Å².